The fourth-order valence-corrected chi connectivity index (χ4v) is 1.64. The maximum atomic E-state index is 5.93. The first kappa shape index (κ1) is 12.1. The van der Waals surface area contributed by atoms with E-state index in [1.165, 1.54) is 0 Å². The predicted octanol–water partition coefficient (Wildman–Crippen LogP) is 3.40. The number of halogens is 1. The summed E-state index contributed by atoms with van der Waals surface area (Å²) in [7, 11) is 0. The first-order valence-electron chi connectivity index (χ1n) is 4.95. The summed E-state index contributed by atoms with van der Waals surface area (Å²) in [5.41, 5.74) is 0.840. The van der Waals surface area contributed by atoms with Gasteiger partial charge in [0.05, 0.1) is 5.54 Å². The Balaban J connectivity index is 2.78. The molecule has 1 nitrogen and oxygen atoms in total. The van der Waals surface area contributed by atoms with Gasteiger partial charge in [0.2, 0.25) is 0 Å². The fraction of sp³-hybridized carbons (Fsp3) is 0.385. The van der Waals surface area contributed by atoms with Gasteiger partial charge in [-0.15, -0.1) is 6.42 Å². The molecule has 0 spiro atoms. The van der Waals surface area contributed by atoms with Gasteiger partial charge in [-0.05, 0) is 38.5 Å². The molecule has 1 rings (SSSR count). The Bertz CT molecular complexity index is 376. The molecule has 0 aliphatic heterocycles. The van der Waals surface area contributed by atoms with Gasteiger partial charge in [0.15, 0.2) is 0 Å². The molecule has 1 atom stereocenters. The lowest BCUT2D eigenvalue weighted by atomic mass is 10.0. The predicted molar refractivity (Wildman–Crippen MR) is 65.9 cm³/mol. The molecule has 2 heteroatoms. The minimum atomic E-state index is -0.304. The Morgan fingerprint density at radius 3 is 2.67 bits per heavy atom. The summed E-state index contributed by atoms with van der Waals surface area (Å²) in [5.74, 6) is 2.71. The largest absolute Gasteiger partial charge is 0.295 e. The van der Waals surface area contributed by atoms with Crippen LogP contribution in [0.4, 0.5) is 0 Å². The zero-order valence-corrected chi connectivity index (χ0v) is 10.1. The zero-order chi connectivity index (χ0) is 11.5. The third-order valence-electron chi connectivity index (χ3n) is 2.29. The number of terminal acetylenes is 1. The standard InChI is InChI=1S/C13H16ClN/c1-5-13(3,4)15-10(2)11-7-6-8-12(14)9-11/h1,6-10,15H,2-4H3. The van der Waals surface area contributed by atoms with Crippen LogP contribution in [0, 0.1) is 12.3 Å². The van der Waals surface area contributed by atoms with Gasteiger partial charge in [-0.2, -0.15) is 0 Å². The third-order valence-corrected chi connectivity index (χ3v) is 2.52. The molecule has 1 unspecified atom stereocenters. The van der Waals surface area contributed by atoms with Crippen LogP contribution >= 0.6 is 11.6 Å². The van der Waals surface area contributed by atoms with Crippen molar-refractivity contribution in [1.29, 1.82) is 0 Å². The smallest absolute Gasteiger partial charge is 0.0745 e. The Morgan fingerprint density at radius 1 is 1.47 bits per heavy atom. The molecule has 1 aromatic rings. The van der Waals surface area contributed by atoms with Crippen LogP contribution in [-0.2, 0) is 0 Å². The highest BCUT2D eigenvalue weighted by Gasteiger charge is 2.17. The second-order valence-corrected chi connectivity index (χ2v) is 4.63. The summed E-state index contributed by atoms with van der Waals surface area (Å²) >= 11 is 5.93. The van der Waals surface area contributed by atoms with E-state index in [-0.39, 0.29) is 11.6 Å². The van der Waals surface area contributed by atoms with Crippen LogP contribution in [0.5, 0.6) is 0 Å². The quantitative estimate of drug-likeness (QED) is 0.772. The lowest BCUT2D eigenvalue weighted by Gasteiger charge is -2.25. The van der Waals surface area contributed by atoms with Gasteiger partial charge < -0.3 is 0 Å². The highest BCUT2D eigenvalue weighted by atomic mass is 35.5. The summed E-state index contributed by atoms with van der Waals surface area (Å²) in [6.07, 6.45) is 5.42. The monoisotopic (exact) mass is 221 g/mol. The lowest BCUT2D eigenvalue weighted by Crippen LogP contribution is -2.39. The number of benzene rings is 1. The van der Waals surface area contributed by atoms with Crippen molar-refractivity contribution < 1.29 is 0 Å². The summed E-state index contributed by atoms with van der Waals surface area (Å²) in [6.45, 7) is 6.03. The van der Waals surface area contributed by atoms with Gasteiger partial charge in [0.1, 0.15) is 0 Å². The van der Waals surface area contributed by atoms with E-state index in [9.17, 15) is 0 Å². The number of nitrogens with one attached hydrogen (secondary N) is 1. The van der Waals surface area contributed by atoms with Crippen molar-refractivity contribution >= 4 is 11.6 Å². The molecule has 0 aliphatic carbocycles. The normalized spacial score (nSPS) is 13.3. The third kappa shape index (κ3) is 3.58. The highest BCUT2D eigenvalue weighted by Crippen LogP contribution is 2.19. The maximum absolute atomic E-state index is 5.93. The van der Waals surface area contributed by atoms with E-state index in [2.05, 4.69) is 18.2 Å². The summed E-state index contributed by atoms with van der Waals surface area (Å²) in [4.78, 5) is 0. The van der Waals surface area contributed by atoms with Gasteiger partial charge >= 0.3 is 0 Å². The number of rotatable bonds is 3. The van der Waals surface area contributed by atoms with E-state index in [1.54, 1.807) is 0 Å². The van der Waals surface area contributed by atoms with Crippen LogP contribution in [0.3, 0.4) is 0 Å². The van der Waals surface area contributed by atoms with Gasteiger partial charge in [-0.3, -0.25) is 5.32 Å². The molecule has 0 aliphatic rings. The van der Waals surface area contributed by atoms with E-state index in [0.29, 0.717) is 0 Å². The molecule has 0 amide bonds. The Morgan fingerprint density at radius 2 is 2.13 bits per heavy atom. The Kier molecular flexibility index (Phi) is 3.79. The molecule has 0 aromatic heterocycles. The van der Waals surface area contributed by atoms with Crippen molar-refractivity contribution in [2.24, 2.45) is 0 Å². The molecular weight excluding hydrogens is 206 g/mol. The second-order valence-electron chi connectivity index (χ2n) is 4.19. The minimum absolute atomic E-state index is 0.190. The van der Waals surface area contributed by atoms with E-state index in [4.69, 9.17) is 18.0 Å². The Labute approximate surface area is 96.8 Å². The van der Waals surface area contributed by atoms with E-state index in [1.807, 2.05) is 38.1 Å². The first-order chi connectivity index (χ1) is 6.94. The molecule has 1 N–H and O–H groups in total. The molecule has 0 saturated heterocycles. The lowest BCUT2D eigenvalue weighted by molar-refractivity contribution is 0.431. The van der Waals surface area contributed by atoms with Gasteiger partial charge in [0, 0.05) is 11.1 Å². The van der Waals surface area contributed by atoms with Gasteiger partial charge in [0.25, 0.3) is 0 Å². The zero-order valence-electron chi connectivity index (χ0n) is 9.34. The van der Waals surface area contributed by atoms with Crippen LogP contribution < -0.4 is 5.32 Å². The maximum Gasteiger partial charge on any atom is 0.0745 e. The first-order valence-corrected chi connectivity index (χ1v) is 5.33. The van der Waals surface area contributed by atoms with Crippen molar-refractivity contribution in [3.05, 3.63) is 34.9 Å². The molecule has 15 heavy (non-hydrogen) atoms. The number of hydrogen-bond donors (Lipinski definition) is 1. The van der Waals surface area contributed by atoms with Crippen LogP contribution in [0.2, 0.25) is 5.02 Å². The van der Waals surface area contributed by atoms with Crippen molar-refractivity contribution in [3.63, 3.8) is 0 Å². The second kappa shape index (κ2) is 4.70. The Hall–Kier alpha value is -0.970. The summed E-state index contributed by atoms with van der Waals surface area (Å²) in [6, 6.07) is 7.99. The molecule has 0 radical (unpaired) electrons. The van der Waals surface area contributed by atoms with Crippen LogP contribution in [0.1, 0.15) is 32.4 Å². The van der Waals surface area contributed by atoms with Crippen molar-refractivity contribution in [3.8, 4) is 12.3 Å². The van der Waals surface area contributed by atoms with E-state index in [0.717, 1.165) is 10.6 Å². The van der Waals surface area contributed by atoms with Crippen LogP contribution in [0.25, 0.3) is 0 Å². The molecule has 0 bridgehead atoms. The van der Waals surface area contributed by atoms with Crippen molar-refractivity contribution in [1.82, 2.24) is 5.32 Å². The molecular formula is C13H16ClN. The average Bonchev–Trinajstić information content (AvgIpc) is 2.17. The van der Waals surface area contributed by atoms with E-state index < -0.39 is 0 Å². The van der Waals surface area contributed by atoms with Crippen LogP contribution in [0.15, 0.2) is 24.3 Å². The SMILES string of the molecule is C#CC(C)(C)NC(C)c1cccc(Cl)c1. The molecule has 80 valence electrons. The highest BCUT2D eigenvalue weighted by molar-refractivity contribution is 6.30. The topological polar surface area (TPSA) is 12.0 Å². The number of hydrogen-bond acceptors (Lipinski definition) is 1. The van der Waals surface area contributed by atoms with Gasteiger partial charge in [-0.1, -0.05) is 29.7 Å². The summed E-state index contributed by atoms with van der Waals surface area (Å²) < 4.78 is 0. The van der Waals surface area contributed by atoms with Gasteiger partial charge in [-0.25, -0.2) is 0 Å². The van der Waals surface area contributed by atoms with E-state index >= 15 is 0 Å². The fourth-order valence-electron chi connectivity index (χ4n) is 1.44. The molecule has 0 heterocycles. The van der Waals surface area contributed by atoms with Crippen LogP contribution in [-0.4, -0.2) is 5.54 Å². The molecule has 0 fully saturated rings. The summed E-state index contributed by atoms with van der Waals surface area (Å²) in [5, 5.41) is 4.10. The van der Waals surface area contributed by atoms with Crippen molar-refractivity contribution in [2.75, 3.05) is 0 Å². The van der Waals surface area contributed by atoms with Crippen molar-refractivity contribution in [2.45, 2.75) is 32.4 Å². The average molecular weight is 222 g/mol. The molecule has 0 saturated carbocycles. The minimum Gasteiger partial charge on any atom is -0.295 e. The molecule has 1 aromatic carbocycles.